The van der Waals surface area contributed by atoms with Crippen LogP contribution in [0.25, 0.3) is 5.69 Å². The fourth-order valence-electron chi connectivity index (χ4n) is 1.78. The average molecular weight is 281 g/mol. The Kier molecular flexibility index (Phi) is 2.33. The van der Waals surface area contributed by atoms with Crippen LogP contribution in [-0.4, -0.2) is 9.78 Å². The molecule has 0 N–H and O–H groups in total. The zero-order valence-electron chi connectivity index (χ0n) is 7.98. The molecule has 1 aliphatic rings. The number of hydrogen-bond acceptors (Lipinski definition) is 2. The standard InChI is InChI=1S/C11H9BrN2S/c12-11-9-6-15-7-10(9)14(13-11)8-4-2-1-3-5-8/h1-5H,6-7H2. The lowest BCUT2D eigenvalue weighted by Crippen LogP contribution is -1.99. The van der Waals surface area contributed by atoms with Gasteiger partial charge in [-0.05, 0) is 28.1 Å². The van der Waals surface area contributed by atoms with Crippen molar-refractivity contribution in [2.45, 2.75) is 11.5 Å². The summed E-state index contributed by atoms with van der Waals surface area (Å²) in [6.07, 6.45) is 0. The monoisotopic (exact) mass is 280 g/mol. The van der Waals surface area contributed by atoms with Crippen LogP contribution < -0.4 is 0 Å². The maximum atomic E-state index is 4.52. The van der Waals surface area contributed by atoms with E-state index >= 15 is 0 Å². The van der Waals surface area contributed by atoms with Gasteiger partial charge in [-0.2, -0.15) is 16.9 Å². The molecule has 0 aliphatic carbocycles. The van der Waals surface area contributed by atoms with Crippen molar-refractivity contribution in [2.24, 2.45) is 0 Å². The van der Waals surface area contributed by atoms with Crippen LogP contribution >= 0.6 is 27.7 Å². The van der Waals surface area contributed by atoms with Gasteiger partial charge in [0.05, 0.1) is 11.4 Å². The first kappa shape index (κ1) is 9.48. The van der Waals surface area contributed by atoms with Gasteiger partial charge >= 0.3 is 0 Å². The van der Waals surface area contributed by atoms with Crippen LogP contribution in [0.15, 0.2) is 34.9 Å². The second-order valence-electron chi connectivity index (χ2n) is 3.46. The van der Waals surface area contributed by atoms with Crippen LogP contribution in [0.5, 0.6) is 0 Å². The van der Waals surface area contributed by atoms with Crippen molar-refractivity contribution >= 4 is 27.7 Å². The number of hydrogen-bond donors (Lipinski definition) is 0. The van der Waals surface area contributed by atoms with E-state index in [9.17, 15) is 0 Å². The van der Waals surface area contributed by atoms with E-state index in [1.807, 2.05) is 34.6 Å². The molecule has 2 heterocycles. The lowest BCUT2D eigenvalue weighted by Gasteiger charge is -2.03. The zero-order valence-corrected chi connectivity index (χ0v) is 10.4. The van der Waals surface area contributed by atoms with Gasteiger partial charge in [-0.1, -0.05) is 18.2 Å². The highest BCUT2D eigenvalue weighted by Crippen LogP contribution is 2.35. The summed E-state index contributed by atoms with van der Waals surface area (Å²) in [5, 5.41) is 4.52. The summed E-state index contributed by atoms with van der Waals surface area (Å²) in [4.78, 5) is 0. The Balaban J connectivity index is 2.18. The number of aromatic nitrogens is 2. The Hall–Kier alpha value is -0.740. The van der Waals surface area contributed by atoms with Crippen LogP contribution in [0.1, 0.15) is 11.3 Å². The number of nitrogens with zero attached hydrogens (tertiary/aromatic N) is 2. The quantitative estimate of drug-likeness (QED) is 0.797. The number of para-hydroxylation sites is 1. The Morgan fingerprint density at radius 2 is 2.00 bits per heavy atom. The average Bonchev–Trinajstić information content (AvgIpc) is 2.84. The van der Waals surface area contributed by atoms with Crippen molar-refractivity contribution in [1.82, 2.24) is 9.78 Å². The van der Waals surface area contributed by atoms with Gasteiger partial charge in [0.1, 0.15) is 4.60 Å². The van der Waals surface area contributed by atoms with E-state index in [1.165, 1.54) is 11.3 Å². The van der Waals surface area contributed by atoms with Crippen molar-refractivity contribution < 1.29 is 0 Å². The highest BCUT2D eigenvalue weighted by molar-refractivity contribution is 9.10. The SMILES string of the molecule is Brc1nn(-c2ccccc2)c2c1CSC2. The second-order valence-corrected chi connectivity index (χ2v) is 5.19. The van der Waals surface area contributed by atoms with Crippen molar-refractivity contribution in [3.63, 3.8) is 0 Å². The van der Waals surface area contributed by atoms with Crippen molar-refractivity contribution in [1.29, 1.82) is 0 Å². The van der Waals surface area contributed by atoms with E-state index in [-0.39, 0.29) is 0 Å². The van der Waals surface area contributed by atoms with Crippen molar-refractivity contribution in [3.05, 3.63) is 46.2 Å². The van der Waals surface area contributed by atoms with E-state index in [2.05, 4.69) is 33.2 Å². The van der Waals surface area contributed by atoms with E-state index in [1.54, 1.807) is 0 Å². The molecule has 2 nitrogen and oxygen atoms in total. The first-order valence-electron chi connectivity index (χ1n) is 4.75. The van der Waals surface area contributed by atoms with Gasteiger partial charge in [0.25, 0.3) is 0 Å². The molecule has 4 heteroatoms. The van der Waals surface area contributed by atoms with Gasteiger partial charge in [0.15, 0.2) is 0 Å². The number of rotatable bonds is 1. The Labute approximate surface area is 101 Å². The smallest absolute Gasteiger partial charge is 0.132 e. The minimum Gasteiger partial charge on any atom is -0.236 e. The molecule has 0 radical (unpaired) electrons. The van der Waals surface area contributed by atoms with Gasteiger partial charge in [0, 0.05) is 17.1 Å². The van der Waals surface area contributed by atoms with Gasteiger partial charge in [-0.3, -0.25) is 0 Å². The number of benzene rings is 1. The fraction of sp³-hybridized carbons (Fsp3) is 0.182. The molecule has 3 rings (SSSR count). The Bertz CT molecular complexity index is 493. The molecule has 1 aromatic carbocycles. The third kappa shape index (κ3) is 1.52. The van der Waals surface area contributed by atoms with Crippen LogP contribution in [0.2, 0.25) is 0 Å². The zero-order chi connectivity index (χ0) is 10.3. The predicted octanol–water partition coefficient (Wildman–Crippen LogP) is 3.38. The minimum atomic E-state index is 0.992. The number of fused-ring (bicyclic) bond motifs is 1. The third-order valence-corrected chi connectivity index (χ3v) is 4.13. The van der Waals surface area contributed by atoms with Crippen LogP contribution in [-0.2, 0) is 11.5 Å². The summed E-state index contributed by atoms with van der Waals surface area (Å²) in [6.45, 7) is 0. The van der Waals surface area contributed by atoms with E-state index in [0.29, 0.717) is 0 Å². The number of thioether (sulfide) groups is 1. The molecule has 0 spiro atoms. The summed E-state index contributed by atoms with van der Waals surface area (Å²) < 4.78 is 3.03. The van der Waals surface area contributed by atoms with Crippen molar-refractivity contribution in [3.8, 4) is 5.69 Å². The maximum Gasteiger partial charge on any atom is 0.132 e. The molecule has 1 aromatic heterocycles. The molecule has 0 atom stereocenters. The summed E-state index contributed by atoms with van der Waals surface area (Å²) in [6, 6.07) is 10.3. The third-order valence-electron chi connectivity index (χ3n) is 2.53. The molecular formula is C11H9BrN2S. The summed E-state index contributed by atoms with van der Waals surface area (Å²) in [5.74, 6) is 2.13. The maximum absolute atomic E-state index is 4.52. The summed E-state index contributed by atoms with van der Waals surface area (Å²) in [7, 11) is 0. The van der Waals surface area contributed by atoms with E-state index < -0.39 is 0 Å². The topological polar surface area (TPSA) is 17.8 Å². The second kappa shape index (κ2) is 3.68. The molecule has 0 saturated carbocycles. The molecule has 0 unspecified atom stereocenters. The molecule has 0 fully saturated rings. The normalized spacial score (nSPS) is 14.2. The van der Waals surface area contributed by atoms with Crippen LogP contribution in [0, 0.1) is 0 Å². The Morgan fingerprint density at radius 3 is 2.80 bits per heavy atom. The van der Waals surface area contributed by atoms with E-state index in [4.69, 9.17) is 0 Å². The lowest BCUT2D eigenvalue weighted by molar-refractivity contribution is 0.835. The minimum absolute atomic E-state index is 0.992. The van der Waals surface area contributed by atoms with Gasteiger partial charge in [-0.25, -0.2) is 4.68 Å². The molecule has 0 saturated heterocycles. The molecule has 76 valence electrons. The van der Waals surface area contributed by atoms with Gasteiger partial charge in [-0.15, -0.1) is 0 Å². The molecular weight excluding hydrogens is 272 g/mol. The lowest BCUT2D eigenvalue weighted by atomic mass is 10.3. The van der Waals surface area contributed by atoms with Gasteiger partial charge in [0.2, 0.25) is 0 Å². The highest BCUT2D eigenvalue weighted by Gasteiger charge is 2.21. The molecule has 1 aliphatic heterocycles. The predicted molar refractivity (Wildman–Crippen MR) is 66.3 cm³/mol. The first-order chi connectivity index (χ1) is 7.36. The molecule has 2 aromatic rings. The summed E-state index contributed by atoms with van der Waals surface area (Å²) in [5.41, 5.74) is 3.82. The molecule has 0 amide bonds. The molecule has 0 bridgehead atoms. The first-order valence-corrected chi connectivity index (χ1v) is 6.70. The molecule has 15 heavy (non-hydrogen) atoms. The largest absolute Gasteiger partial charge is 0.236 e. The Morgan fingerprint density at radius 1 is 1.20 bits per heavy atom. The fourth-order valence-corrected chi connectivity index (χ4v) is 3.59. The highest BCUT2D eigenvalue weighted by atomic mass is 79.9. The number of halogens is 1. The van der Waals surface area contributed by atoms with Gasteiger partial charge < -0.3 is 0 Å². The van der Waals surface area contributed by atoms with Crippen LogP contribution in [0.4, 0.5) is 0 Å². The van der Waals surface area contributed by atoms with Crippen LogP contribution in [0.3, 0.4) is 0 Å². The van der Waals surface area contributed by atoms with Crippen molar-refractivity contribution in [2.75, 3.05) is 0 Å². The summed E-state index contributed by atoms with van der Waals surface area (Å²) >= 11 is 5.46. The van der Waals surface area contributed by atoms with E-state index in [0.717, 1.165) is 21.8 Å².